The number of likely N-dealkylation sites (tertiary alicyclic amines) is 1. The first kappa shape index (κ1) is 20.3. The number of nitrogens with one attached hydrogen (secondary N) is 2. The Morgan fingerprint density at radius 1 is 0.938 bits per heavy atom. The predicted molar refractivity (Wildman–Crippen MR) is 132 cm³/mol. The average Bonchev–Trinajstić information content (AvgIpc) is 3.14. The molecule has 2 heterocycles. The molecule has 32 heavy (non-hydrogen) atoms. The molecule has 0 bridgehead atoms. The van der Waals surface area contributed by atoms with Gasteiger partial charge in [0.2, 0.25) is 0 Å². The number of benzene rings is 3. The summed E-state index contributed by atoms with van der Waals surface area (Å²) in [7, 11) is 0. The highest BCUT2D eigenvalue weighted by Crippen LogP contribution is 2.38. The van der Waals surface area contributed by atoms with Crippen molar-refractivity contribution in [2.24, 2.45) is 0 Å². The summed E-state index contributed by atoms with van der Waals surface area (Å²) in [4.78, 5) is 15.5. The van der Waals surface area contributed by atoms with Crippen molar-refractivity contribution in [2.75, 3.05) is 29.5 Å². The minimum Gasteiger partial charge on any atom is -0.399 e. The molecule has 1 saturated heterocycles. The number of nitrogens with zero attached hydrogens (tertiary/aromatic N) is 1. The quantitative estimate of drug-likeness (QED) is 0.390. The van der Waals surface area contributed by atoms with Crippen LogP contribution >= 0.6 is 0 Å². The van der Waals surface area contributed by atoms with Crippen LogP contribution in [0.25, 0.3) is 11.3 Å². The van der Waals surface area contributed by atoms with E-state index in [9.17, 15) is 4.79 Å². The molecule has 2 aliphatic heterocycles. The second-order valence-electron chi connectivity index (χ2n) is 8.53. The molecule has 3 aromatic carbocycles. The van der Waals surface area contributed by atoms with Crippen molar-refractivity contribution in [1.29, 1.82) is 0 Å². The Kier molecular flexibility index (Phi) is 5.65. The molecule has 0 saturated carbocycles. The molecule has 0 radical (unpaired) electrons. The Labute approximate surface area is 188 Å². The third-order valence-electron chi connectivity index (χ3n) is 6.18. The van der Waals surface area contributed by atoms with Gasteiger partial charge < -0.3 is 16.4 Å². The van der Waals surface area contributed by atoms with E-state index in [4.69, 9.17) is 5.73 Å². The van der Waals surface area contributed by atoms with Crippen LogP contribution in [-0.2, 0) is 11.3 Å². The van der Waals surface area contributed by atoms with Crippen molar-refractivity contribution in [2.45, 2.75) is 25.8 Å². The second kappa shape index (κ2) is 8.89. The zero-order chi connectivity index (χ0) is 21.9. The van der Waals surface area contributed by atoms with Gasteiger partial charge in [0, 0.05) is 23.5 Å². The van der Waals surface area contributed by atoms with Crippen molar-refractivity contribution in [3.63, 3.8) is 0 Å². The molecular formula is C27H28N4O. The van der Waals surface area contributed by atoms with E-state index >= 15 is 0 Å². The molecule has 3 aromatic rings. The lowest BCUT2D eigenvalue weighted by molar-refractivity contribution is -0.110. The fourth-order valence-electron chi connectivity index (χ4n) is 4.54. The van der Waals surface area contributed by atoms with Crippen molar-refractivity contribution in [1.82, 2.24) is 4.90 Å². The van der Waals surface area contributed by atoms with E-state index < -0.39 is 0 Å². The second-order valence-corrected chi connectivity index (χ2v) is 8.53. The van der Waals surface area contributed by atoms with E-state index in [1.54, 1.807) is 6.07 Å². The molecule has 0 aromatic heterocycles. The first-order valence-electron chi connectivity index (χ1n) is 11.3. The normalized spacial score (nSPS) is 17.6. The molecule has 0 aliphatic carbocycles. The number of fused-ring (bicyclic) bond motifs is 1. The lowest BCUT2D eigenvalue weighted by Crippen LogP contribution is -2.29. The van der Waals surface area contributed by atoms with Crippen LogP contribution in [0.4, 0.5) is 17.1 Å². The van der Waals surface area contributed by atoms with Crippen molar-refractivity contribution < 1.29 is 4.79 Å². The summed E-state index contributed by atoms with van der Waals surface area (Å²) >= 11 is 0. The molecular weight excluding hydrogens is 396 g/mol. The molecule has 0 unspecified atom stereocenters. The Balaban J connectivity index is 1.47. The van der Waals surface area contributed by atoms with Gasteiger partial charge in [-0.2, -0.15) is 0 Å². The number of hydrogen-bond donors (Lipinski definition) is 3. The maximum Gasteiger partial charge on any atom is 0.258 e. The van der Waals surface area contributed by atoms with Gasteiger partial charge in [0.25, 0.3) is 5.91 Å². The highest BCUT2D eigenvalue weighted by Gasteiger charge is 2.28. The summed E-state index contributed by atoms with van der Waals surface area (Å²) < 4.78 is 0. The number of anilines is 3. The zero-order valence-electron chi connectivity index (χ0n) is 18.1. The lowest BCUT2D eigenvalue weighted by atomic mass is 9.99. The Hall–Kier alpha value is -3.57. The number of nitrogens with two attached hydrogens (primary N) is 1. The summed E-state index contributed by atoms with van der Waals surface area (Å²) in [5.41, 5.74) is 12.8. The first-order valence-corrected chi connectivity index (χ1v) is 11.3. The van der Waals surface area contributed by atoms with Crippen molar-refractivity contribution in [3.05, 3.63) is 89.5 Å². The predicted octanol–water partition coefficient (Wildman–Crippen LogP) is 5.19. The van der Waals surface area contributed by atoms with Crippen LogP contribution < -0.4 is 16.4 Å². The van der Waals surface area contributed by atoms with Gasteiger partial charge in [0.1, 0.15) is 0 Å². The van der Waals surface area contributed by atoms with Crippen LogP contribution in [0.5, 0.6) is 0 Å². The zero-order valence-corrected chi connectivity index (χ0v) is 18.1. The van der Waals surface area contributed by atoms with E-state index in [0.717, 1.165) is 34.7 Å². The van der Waals surface area contributed by atoms with Gasteiger partial charge >= 0.3 is 0 Å². The van der Waals surface area contributed by atoms with E-state index in [0.29, 0.717) is 11.3 Å². The molecule has 5 nitrogen and oxygen atoms in total. The summed E-state index contributed by atoms with van der Waals surface area (Å²) in [5.74, 6) is -0.126. The Morgan fingerprint density at radius 3 is 2.44 bits per heavy atom. The molecule has 0 atom stereocenters. The molecule has 0 spiro atoms. The van der Waals surface area contributed by atoms with Crippen molar-refractivity contribution >= 4 is 34.2 Å². The van der Waals surface area contributed by atoms with Gasteiger partial charge in [-0.05, 0) is 67.4 Å². The summed E-state index contributed by atoms with van der Waals surface area (Å²) in [6.45, 7) is 3.36. The fourth-order valence-corrected chi connectivity index (χ4v) is 4.54. The van der Waals surface area contributed by atoms with E-state index in [1.807, 2.05) is 42.5 Å². The smallest absolute Gasteiger partial charge is 0.258 e. The van der Waals surface area contributed by atoms with E-state index in [1.165, 1.54) is 37.9 Å². The van der Waals surface area contributed by atoms with Gasteiger partial charge in [0.05, 0.1) is 17.0 Å². The lowest BCUT2D eigenvalue weighted by Gasteiger charge is -2.26. The summed E-state index contributed by atoms with van der Waals surface area (Å²) in [6.07, 6.45) is 3.94. The third kappa shape index (κ3) is 4.25. The maximum absolute atomic E-state index is 13.0. The number of nitrogen functional groups attached to an aromatic ring is 1. The van der Waals surface area contributed by atoms with Gasteiger partial charge in [-0.15, -0.1) is 0 Å². The molecule has 1 amide bonds. The third-order valence-corrected chi connectivity index (χ3v) is 6.18. The number of carbonyl (C=O) groups is 1. The Morgan fingerprint density at radius 2 is 1.69 bits per heavy atom. The van der Waals surface area contributed by atoms with Crippen LogP contribution in [0.3, 0.4) is 0 Å². The van der Waals surface area contributed by atoms with E-state index in [-0.39, 0.29) is 5.91 Å². The van der Waals surface area contributed by atoms with Gasteiger partial charge in [0.15, 0.2) is 0 Å². The Bertz CT molecular complexity index is 1150. The molecule has 1 fully saturated rings. The van der Waals surface area contributed by atoms with E-state index in [2.05, 4.69) is 39.8 Å². The van der Waals surface area contributed by atoms with Crippen LogP contribution in [0.15, 0.2) is 72.8 Å². The van der Waals surface area contributed by atoms with Gasteiger partial charge in [-0.3, -0.25) is 9.69 Å². The largest absolute Gasteiger partial charge is 0.399 e. The van der Waals surface area contributed by atoms with Crippen LogP contribution in [0, 0.1) is 0 Å². The number of carbonyl (C=O) groups excluding carboxylic acids is 1. The molecule has 4 N–H and O–H groups in total. The topological polar surface area (TPSA) is 70.4 Å². The maximum atomic E-state index is 13.0. The van der Waals surface area contributed by atoms with Crippen LogP contribution in [0.1, 0.15) is 36.0 Å². The SMILES string of the molecule is Nc1ccc2c(c1)NC(=O)C2=C(Nc1ccc(CN2CCCCC2)cc1)c1ccccc1. The highest BCUT2D eigenvalue weighted by atomic mass is 16.2. The van der Waals surface area contributed by atoms with Crippen molar-refractivity contribution in [3.8, 4) is 0 Å². The monoisotopic (exact) mass is 424 g/mol. The number of rotatable bonds is 5. The molecule has 2 aliphatic rings. The minimum atomic E-state index is -0.126. The molecule has 5 heteroatoms. The standard InChI is InChI=1S/C27H28N4O/c28-21-11-14-23-24(17-21)30-27(32)25(23)26(20-7-3-1-4-8-20)29-22-12-9-19(10-13-22)18-31-15-5-2-6-16-31/h1,3-4,7-14,17,29H,2,5-6,15-16,18,28H2,(H,30,32). The van der Waals surface area contributed by atoms with Crippen LogP contribution in [-0.4, -0.2) is 23.9 Å². The summed E-state index contributed by atoms with van der Waals surface area (Å²) in [6, 6.07) is 24.1. The van der Waals surface area contributed by atoms with Crippen LogP contribution in [0.2, 0.25) is 0 Å². The van der Waals surface area contributed by atoms with Gasteiger partial charge in [-0.1, -0.05) is 48.9 Å². The summed E-state index contributed by atoms with van der Waals surface area (Å²) in [5, 5.41) is 6.48. The number of piperidine rings is 1. The fraction of sp³-hybridized carbons (Fsp3) is 0.222. The highest BCUT2D eigenvalue weighted by molar-refractivity contribution is 6.37. The minimum absolute atomic E-state index is 0.126. The van der Waals surface area contributed by atoms with Gasteiger partial charge in [-0.25, -0.2) is 0 Å². The average molecular weight is 425 g/mol. The number of hydrogen-bond acceptors (Lipinski definition) is 4. The molecule has 5 rings (SSSR count). The molecule has 162 valence electrons. The first-order chi connectivity index (χ1) is 15.7. The number of amides is 1.